The quantitative estimate of drug-likeness (QED) is 0.525. The summed E-state index contributed by atoms with van der Waals surface area (Å²) >= 11 is 0. The van der Waals surface area contributed by atoms with Gasteiger partial charge in [-0.15, -0.1) is 0 Å². The Kier molecular flexibility index (Phi) is 7.63. The van der Waals surface area contributed by atoms with E-state index in [0.29, 0.717) is 25.2 Å². The lowest BCUT2D eigenvalue weighted by atomic mass is 9.75. The van der Waals surface area contributed by atoms with Crippen LogP contribution in [0.5, 0.6) is 0 Å². The summed E-state index contributed by atoms with van der Waals surface area (Å²) in [5.74, 6) is -1.80. The van der Waals surface area contributed by atoms with E-state index in [-0.39, 0.29) is 35.8 Å². The van der Waals surface area contributed by atoms with Crippen molar-refractivity contribution in [2.75, 3.05) is 0 Å². The smallest absolute Gasteiger partial charge is 0.209 e. The van der Waals surface area contributed by atoms with Crippen LogP contribution < -0.4 is 0 Å². The van der Waals surface area contributed by atoms with Crippen LogP contribution >= 0.6 is 0 Å². The number of allylic oxidation sites excluding steroid dienone is 1. The van der Waals surface area contributed by atoms with Gasteiger partial charge in [-0.25, -0.2) is 0 Å². The number of rotatable bonds is 9. The van der Waals surface area contributed by atoms with Gasteiger partial charge in [-0.3, -0.25) is 9.59 Å². The number of aliphatic hydroxyl groups is 3. The Morgan fingerprint density at radius 2 is 1.50 bits per heavy atom. The lowest BCUT2D eigenvalue weighted by Crippen LogP contribution is -2.47. The van der Waals surface area contributed by atoms with Crippen molar-refractivity contribution in [3.05, 3.63) is 22.7 Å². The molecule has 1 aliphatic carbocycles. The Morgan fingerprint density at radius 3 is 1.96 bits per heavy atom. The van der Waals surface area contributed by atoms with E-state index in [1.807, 2.05) is 41.5 Å². The van der Waals surface area contributed by atoms with Gasteiger partial charge in [-0.1, -0.05) is 41.5 Å². The highest BCUT2D eigenvalue weighted by Gasteiger charge is 2.49. The van der Waals surface area contributed by atoms with E-state index in [4.69, 9.17) is 0 Å². The normalized spacial score (nSPS) is 21.5. The lowest BCUT2D eigenvalue weighted by Gasteiger charge is -2.33. The average Bonchev–Trinajstić information content (AvgIpc) is 2.50. The Balaban J connectivity index is 3.42. The van der Waals surface area contributed by atoms with Gasteiger partial charge >= 0.3 is 0 Å². The Morgan fingerprint density at radius 1 is 0.962 bits per heavy atom. The van der Waals surface area contributed by atoms with Crippen LogP contribution in [0.1, 0.15) is 73.6 Å². The van der Waals surface area contributed by atoms with E-state index >= 15 is 0 Å². The number of hydrogen-bond acceptors (Lipinski definition) is 5. The third-order valence-electron chi connectivity index (χ3n) is 4.73. The summed E-state index contributed by atoms with van der Waals surface area (Å²) in [5.41, 5.74) is -2.37. The predicted octanol–water partition coefficient (Wildman–Crippen LogP) is 4.41. The standard InChI is InChI=1S/C21H34O5/c1-12(2)7-8-15-18(23)17(16(22)11-14(5)6)20(25)21(26,19(15)24)10-9-13(3)4/h12-14,23-24,26H,7-11H2,1-6H3/t21-/m0/s1. The fraction of sp³-hybridized carbons (Fsp3) is 0.714. The maximum absolute atomic E-state index is 12.9. The van der Waals surface area contributed by atoms with Crippen LogP contribution in [0.4, 0.5) is 0 Å². The number of aliphatic hydroxyl groups excluding tert-OH is 2. The van der Waals surface area contributed by atoms with Crippen LogP contribution in [0.25, 0.3) is 0 Å². The van der Waals surface area contributed by atoms with Crippen molar-refractivity contribution in [1.82, 2.24) is 0 Å². The molecule has 0 bridgehead atoms. The number of ketones is 2. The van der Waals surface area contributed by atoms with E-state index in [9.17, 15) is 24.9 Å². The first-order chi connectivity index (χ1) is 11.9. The molecule has 5 heteroatoms. The molecule has 1 aliphatic rings. The Bertz CT molecular complexity index is 610. The van der Waals surface area contributed by atoms with E-state index < -0.39 is 28.7 Å². The van der Waals surface area contributed by atoms with Crippen LogP contribution in [0, 0.1) is 17.8 Å². The molecule has 0 aromatic heterocycles. The second kappa shape index (κ2) is 8.85. The van der Waals surface area contributed by atoms with Crippen LogP contribution in [0.3, 0.4) is 0 Å². The van der Waals surface area contributed by atoms with Crippen molar-refractivity contribution < 1.29 is 24.9 Å². The second-order valence-corrected chi connectivity index (χ2v) is 8.63. The molecular formula is C21H34O5. The van der Waals surface area contributed by atoms with Gasteiger partial charge in [0.2, 0.25) is 5.78 Å². The topological polar surface area (TPSA) is 94.8 Å². The molecule has 26 heavy (non-hydrogen) atoms. The van der Waals surface area contributed by atoms with E-state index in [0.717, 1.165) is 0 Å². The van der Waals surface area contributed by atoms with Gasteiger partial charge in [0.1, 0.15) is 17.1 Å². The van der Waals surface area contributed by atoms with Gasteiger partial charge in [0.25, 0.3) is 0 Å². The molecular weight excluding hydrogens is 332 g/mol. The monoisotopic (exact) mass is 366 g/mol. The van der Waals surface area contributed by atoms with Crippen LogP contribution in [-0.2, 0) is 9.59 Å². The zero-order chi connectivity index (χ0) is 20.2. The van der Waals surface area contributed by atoms with Crippen molar-refractivity contribution in [3.63, 3.8) is 0 Å². The van der Waals surface area contributed by atoms with Crippen LogP contribution in [-0.4, -0.2) is 32.5 Å². The van der Waals surface area contributed by atoms with Crippen molar-refractivity contribution in [3.8, 4) is 0 Å². The molecule has 3 N–H and O–H groups in total. The molecule has 0 aliphatic heterocycles. The minimum absolute atomic E-state index is 0.0120. The van der Waals surface area contributed by atoms with Gasteiger partial charge in [-0.2, -0.15) is 0 Å². The van der Waals surface area contributed by atoms with Crippen molar-refractivity contribution in [2.24, 2.45) is 17.8 Å². The Hall–Kier alpha value is -1.62. The lowest BCUT2D eigenvalue weighted by molar-refractivity contribution is -0.136. The van der Waals surface area contributed by atoms with E-state index in [1.165, 1.54) is 0 Å². The molecule has 5 nitrogen and oxygen atoms in total. The van der Waals surface area contributed by atoms with Crippen LogP contribution in [0.15, 0.2) is 22.7 Å². The summed E-state index contributed by atoms with van der Waals surface area (Å²) in [5, 5.41) is 32.2. The third kappa shape index (κ3) is 4.97. The molecule has 0 fully saturated rings. The third-order valence-corrected chi connectivity index (χ3v) is 4.73. The van der Waals surface area contributed by atoms with Crippen molar-refractivity contribution >= 4 is 11.6 Å². The van der Waals surface area contributed by atoms with Crippen molar-refractivity contribution in [1.29, 1.82) is 0 Å². The van der Waals surface area contributed by atoms with Crippen LogP contribution in [0.2, 0.25) is 0 Å². The molecule has 0 aromatic carbocycles. The fourth-order valence-electron chi connectivity index (χ4n) is 3.07. The molecule has 0 saturated heterocycles. The van der Waals surface area contributed by atoms with Gasteiger partial charge in [0, 0.05) is 12.0 Å². The maximum atomic E-state index is 12.9. The molecule has 148 valence electrons. The molecule has 0 radical (unpaired) electrons. The SMILES string of the molecule is CC(C)CCC1=C(O)[C@@](O)(CCC(C)C)C(=O)C(C(=O)CC(C)C)=C1O. The van der Waals surface area contributed by atoms with E-state index in [2.05, 4.69) is 0 Å². The fourth-order valence-corrected chi connectivity index (χ4v) is 3.07. The van der Waals surface area contributed by atoms with Gasteiger partial charge < -0.3 is 15.3 Å². The van der Waals surface area contributed by atoms with Gasteiger partial charge in [-0.05, 0) is 43.4 Å². The molecule has 0 heterocycles. The summed E-state index contributed by atoms with van der Waals surface area (Å²) in [7, 11) is 0. The largest absolute Gasteiger partial charge is 0.508 e. The molecule has 0 aromatic rings. The number of Topliss-reactive ketones (excluding diaryl/α,β-unsaturated/α-hetero) is 2. The minimum Gasteiger partial charge on any atom is -0.508 e. The number of carbonyl (C=O) groups is 2. The van der Waals surface area contributed by atoms with Gasteiger partial charge in [0.05, 0.1) is 0 Å². The molecule has 0 unspecified atom stereocenters. The molecule has 0 spiro atoms. The Labute approximate surface area is 156 Å². The first-order valence-electron chi connectivity index (χ1n) is 9.58. The predicted molar refractivity (Wildman–Crippen MR) is 102 cm³/mol. The maximum Gasteiger partial charge on any atom is 0.209 e. The average molecular weight is 366 g/mol. The van der Waals surface area contributed by atoms with Crippen molar-refractivity contribution in [2.45, 2.75) is 79.2 Å². The number of hydrogen-bond donors (Lipinski definition) is 3. The highest BCUT2D eigenvalue weighted by Crippen LogP contribution is 2.39. The summed E-state index contributed by atoms with van der Waals surface area (Å²) in [6.45, 7) is 11.6. The highest BCUT2D eigenvalue weighted by molar-refractivity contribution is 6.25. The minimum atomic E-state index is -2.13. The van der Waals surface area contributed by atoms with E-state index in [1.54, 1.807) is 0 Å². The molecule has 0 amide bonds. The zero-order valence-corrected chi connectivity index (χ0v) is 16.9. The first kappa shape index (κ1) is 22.4. The summed E-state index contributed by atoms with van der Waals surface area (Å²) in [4.78, 5) is 25.5. The highest BCUT2D eigenvalue weighted by atomic mass is 16.3. The van der Waals surface area contributed by atoms with Gasteiger partial charge in [0.15, 0.2) is 11.4 Å². The summed E-state index contributed by atoms with van der Waals surface area (Å²) < 4.78 is 0. The number of carbonyl (C=O) groups excluding carboxylic acids is 2. The summed E-state index contributed by atoms with van der Waals surface area (Å²) in [6.07, 6.45) is 1.58. The molecule has 1 rings (SSSR count). The second-order valence-electron chi connectivity index (χ2n) is 8.63. The molecule has 0 saturated carbocycles. The molecule has 1 atom stereocenters. The first-order valence-corrected chi connectivity index (χ1v) is 9.58. The zero-order valence-electron chi connectivity index (χ0n) is 16.9. The summed E-state index contributed by atoms with van der Waals surface area (Å²) in [6, 6.07) is 0.